The van der Waals surface area contributed by atoms with Gasteiger partial charge in [0.05, 0.1) is 6.61 Å². The van der Waals surface area contributed by atoms with Crippen LogP contribution in [-0.2, 0) is 9.69 Å². The van der Waals surface area contributed by atoms with Gasteiger partial charge in [0, 0.05) is 0 Å². The minimum atomic E-state index is 0.778. The number of hydrogen-bond donors (Lipinski definition) is 0. The van der Waals surface area contributed by atoms with Gasteiger partial charge in [-0.3, -0.25) is 4.89 Å². The molecule has 2 nitrogen and oxygen atoms in total. The minimum absolute atomic E-state index is 0.778. The van der Waals surface area contributed by atoms with Crippen LogP contribution < -0.4 is 0 Å². The van der Waals surface area contributed by atoms with Gasteiger partial charge in [0.1, 0.15) is 7.28 Å². The van der Waals surface area contributed by atoms with Crippen LogP contribution in [0, 0.1) is 0 Å². The summed E-state index contributed by atoms with van der Waals surface area (Å²) in [4.78, 5) is 9.14. The normalized spacial score (nSPS) is 22.7. The maximum Gasteiger partial charge on any atom is 0.323 e. The Hall–Kier alpha value is 0.0499. The minimum Gasteiger partial charge on any atom is -0.310 e. The molecule has 0 unspecified atom stereocenters. The summed E-state index contributed by atoms with van der Waals surface area (Å²) in [5, 5.41) is 0. The van der Waals surface area contributed by atoms with Gasteiger partial charge in [-0.2, -0.15) is 0 Å². The van der Waals surface area contributed by atoms with Crippen LogP contribution in [0.3, 0.4) is 0 Å². The molecule has 2 fully saturated rings. The van der Waals surface area contributed by atoms with E-state index in [1.807, 2.05) is 0 Å². The molecule has 2 rings (SSSR count). The molecule has 0 radical (unpaired) electrons. The van der Waals surface area contributed by atoms with E-state index in [0.717, 1.165) is 26.8 Å². The van der Waals surface area contributed by atoms with E-state index in [9.17, 15) is 0 Å². The van der Waals surface area contributed by atoms with Crippen LogP contribution in [0.25, 0.3) is 0 Å². The highest BCUT2D eigenvalue weighted by Crippen LogP contribution is 2.10. The van der Waals surface area contributed by atoms with Gasteiger partial charge in [0.15, 0.2) is 0 Å². The Morgan fingerprint density at radius 1 is 0.833 bits per heavy atom. The predicted octanol–water partition coefficient (Wildman–Crippen LogP) is 1.55. The number of rotatable bonds is 0. The average Bonchev–Trinajstić information content (AvgIpc) is 2.24. The van der Waals surface area contributed by atoms with Gasteiger partial charge < -0.3 is 4.81 Å². The van der Waals surface area contributed by atoms with Crippen LogP contribution in [-0.4, -0.2) is 21.4 Å². The van der Waals surface area contributed by atoms with Crippen molar-refractivity contribution in [3.63, 3.8) is 0 Å². The second-order valence-corrected chi connectivity index (χ2v) is 3.47. The molecule has 4 heteroatoms. The Kier molecular flexibility index (Phi) is 6.49. The molecular formula is C8H18B2O2. The Balaban J connectivity index is 0.000000120. The van der Waals surface area contributed by atoms with Gasteiger partial charge in [-0.15, -0.1) is 0 Å². The van der Waals surface area contributed by atoms with Crippen molar-refractivity contribution in [3.8, 4) is 0 Å². The zero-order chi connectivity index (χ0) is 8.49. The summed E-state index contributed by atoms with van der Waals surface area (Å²) in [6, 6.07) is 0. The largest absolute Gasteiger partial charge is 0.323 e. The molecule has 0 aliphatic carbocycles. The summed E-state index contributed by atoms with van der Waals surface area (Å²) in [6.45, 7) is 0.778. The summed E-state index contributed by atoms with van der Waals surface area (Å²) in [5.41, 5.74) is 0. The standard InChI is InChI=1S/C5H11B.C3H7BO2/c2*1-2-4-6-5-3-1/h6H,1-5H2;4H,1-3H2. The maximum atomic E-state index is 4.57. The van der Waals surface area contributed by atoms with Gasteiger partial charge in [0.2, 0.25) is 0 Å². The van der Waals surface area contributed by atoms with E-state index in [0.29, 0.717) is 0 Å². The highest BCUT2D eigenvalue weighted by molar-refractivity contribution is 6.35. The van der Waals surface area contributed by atoms with Crippen LogP contribution in [0.4, 0.5) is 0 Å². The summed E-state index contributed by atoms with van der Waals surface area (Å²) >= 11 is 0. The molecule has 0 aromatic rings. The average molecular weight is 168 g/mol. The van der Waals surface area contributed by atoms with Crippen molar-refractivity contribution in [1.82, 2.24) is 0 Å². The maximum absolute atomic E-state index is 4.57. The van der Waals surface area contributed by atoms with Crippen LogP contribution in [0.15, 0.2) is 0 Å². The lowest BCUT2D eigenvalue weighted by atomic mass is 9.64. The van der Waals surface area contributed by atoms with E-state index in [1.54, 1.807) is 0 Å². The summed E-state index contributed by atoms with van der Waals surface area (Å²) in [6.07, 6.45) is 9.81. The Labute approximate surface area is 76.5 Å². The number of hydrogen-bond acceptors (Lipinski definition) is 2. The zero-order valence-electron chi connectivity index (χ0n) is 7.89. The van der Waals surface area contributed by atoms with E-state index in [4.69, 9.17) is 0 Å². The van der Waals surface area contributed by atoms with Crippen molar-refractivity contribution >= 4 is 14.8 Å². The van der Waals surface area contributed by atoms with Crippen molar-refractivity contribution in [3.05, 3.63) is 0 Å². The third kappa shape index (κ3) is 5.67. The SMILES string of the molecule is B1CCCCC1.B1CCCOO1. The smallest absolute Gasteiger partial charge is 0.310 e. The molecule has 2 aliphatic heterocycles. The third-order valence-corrected chi connectivity index (χ3v) is 2.29. The summed E-state index contributed by atoms with van der Waals surface area (Å²) in [7, 11) is 2.28. The van der Waals surface area contributed by atoms with Gasteiger partial charge in [-0.05, 0) is 12.7 Å². The topological polar surface area (TPSA) is 18.5 Å². The van der Waals surface area contributed by atoms with Crippen molar-refractivity contribution in [1.29, 1.82) is 0 Å². The van der Waals surface area contributed by atoms with Crippen LogP contribution in [0.2, 0.25) is 19.0 Å². The van der Waals surface area contributed by atoms with E-state index in [-0.39, 0.29) is 0 Å². The van der Waals surface area contributed by atoms with Gasteiger partial charge in [-0.1, -0.05) is 31.9 Å². The summed E-state index contributed by atoms with van der Waals surface area (Å²) in [5.74, 6) is 0. The van der Waals surface area contributed by atoms with E-state index >= 15 is 0 Å². The fraction of sp³-hybridized carbons (Fsp3) is 1.00. The molecule has 0 spiro atoms. The molecule has 2 saturated heterocycles. The van der Waals surface area contributed by atoms with Crippen molar-refractivity contribution in [2.24, 2.45) is 0 Å². The van der Waals surface area contributed by atoms with E-state index in [2.05, 4.69) is 9.69 Å². The molecule has 68 valence electrons. The van der Waals surface area contributed by atoms with Gasteiger partial charge in [0.25, 0.3) is 0 Å². The van der Waals surface area contributed by atoms with E-state index in [1.165, 1.54) is 39.2 Å². The molecule has 0 saturated carbocycles. The quantitative estimate of drug-likeness (QED) is 0.403. The first-order valence-corrected chi connectivity index (χ1v) is 5.24. The molecule has 0 atom stereocenters. The molecule has 12 heavy (non-hydrogen) atoms. The third-order valence-electron chi connectivity index (χ3n) is 2.29. The highest BCUT2D eigenvalue weighted by atomic mass is 17.2. The van der Waals surface area contributed by atoms with Crippen molar-refractivity contribution < 1.29 is 9.69 Å². The highest BCUT2D eigenvalue weighted by Gasteiger charge is 1.99. The molecule has 0 aromatic heterocycles. The molecule has 2 heterocycles. The monoisotopic (exact) mass is 168 g/mol. The molecular weight excluding hydrogens is 150 g/mol. The van der Waals surface area contributed by atoms with Crippen LogP contribution in [0.1, 0.15) is 25.7 Å². The van der Waals surface area contributed by atoms with Crippen LogP contribution in [0.5, 0.6) is 0 Å². The Bertz CT molecular complexity index is 58.0. The Morgan fingerprint density at radius 2 is 1.67 bits per heavy atom. The zero-order valence-corrected chi connectivity index (χ0v) is 7.89. The fourth-order valence-corrected chi connectivity index (χ4v) is 1.50. The van der Waals surface area contributed by atoms with Crippen LogP contribution >= 0.6 is 0 Å². The molecule has 0 amide bonds. The Morgan fingerprint density at radius 3 is 1.83 bits per heavy atom. The van der Waals surface area contributed by atoms with Gasteiger partial charge in [-0.25, -0.2) is 0 Å². The summed E-state index contributed by atoms with van der Waals surface area (Å²) < 4.78 is 0. The molecule has 0 aromatic carbocycles. The second kappa shape index (κ2) is 7.69. The molecule has 2 aliphatic rings. The van der Waals surface area contributed by atoms with Crippen molar-refractivity contribution in [2.45, 2.75) is 44.6 Å². The van der Waals surface area contributed by atoms with Gasteiger partial charge >= 0.3 is 7.48 Å². The first-order valence-electron chi connectivity index (χ1n) is 5.24. The lowest BCUT2D eigenvalue weighted by Gasteiger charge is -2.06. The van der Waals surface area contributed by atoms with E-state index < -0.39 is 0 Å². The second-order valence-electron chi connectivity index (χ2n) is 3.47. The molecule has 0 bridgehead atoms. The first-order chi connectivity index (χ1) is 6.00. The fourth-order valence-electron chi connectivity index (χ4n) is 1.50. The first kappa shape index (κ1) is 10.1. The predicted molar refractivity (Wildman–Crippen MR) is 54.2 cm³/mol. The lowest BCUT2D eigenvalue weighted by molar-refractivity contribution is -0.216. The lowest BCUT2D eigenvalue weighted by Crippen LogP contribution is -2.08. The molecule has 0 N–H and O–H groups in total. The van der Waals surface area contributed by atoms with Crippen molar-refractivity contribution in [2.75, 3.05) is 6.61 Å².